The van der Waals surface area contributed by atoms with Crippen molar-refractivity contribution in [2.45, 2.75) is 24.9 Å². The van der Waals surface area contributed by atoms with Crippen LogP contribution in [0.5, 0.6) is 5.75 Å². The summed E-state index contributed by atoms with van der Waals surface area (Å²) in [5, 5.41) is 9.87. The fraction of sp³-hybridized carbons (Fsp3) is 0.400. The molecule has 0 aromatic heterocycles. The Morgan fingerprint density at radius 1 is 1.46 bits per heavy atom. The molecule has 1 aromatic carbocycles. The summed E-state index contributed by atoms with van der Waals surface area (Å²) >= 11 is 1.72. The molecule has 0 aliphatic rings. The number of phenols is 1. The van der Waals surface area contributed by atoms with E-state index in [-0.39, 0.29) is 5.75 Å². The summed E-state index contributed by atoms with van der Waals surface area (Å²) < 4.78 is 12.6. The number of hydrogen-bond donors (Lipinski definition) is 1. The van der Waals surface area contributed by atoms with Crippen LogP contribution in [0.4, 0.5) is 4.39 Å². The summed E-state index contributed by atoms with van der Waals surface area (Å²) in [5.74, 6) is 0.382. The Morgan fingerprint density at radius 3 is 2.69 bits per heavy atom. The van der Waals surface area contributed by atoms with E-state index in [2.05, 4.69) is 13.8 Å². The van der Waals surface area contributed by atoms with Gasteiger partial charge >= 0.3 is 0 Å². The maximum absolute atomic E-state index is 12.6. The molecule has 1 nitrogen and oxygen atoms in total. The molecule has 0 bridgehead atoms. The maximum Gasteiger partial charge on any atom is 0.126 e. The molecule has 0 saturated heterocycles. The number of halogens is 1. The second-order valence-corrected chi connectivity index (χ2v) is 4.70. The van der Waals surface area contributed by atoms with Crippen molar-refractivity contribution in [3.63, 3.8) is 0 Å². The van der Waals surface area contributed by atoms with Gasteiger partial charge in [0, 0.05) is 17.4 Å². The second-order valence-electron chi connectivity index (χ2n) is 3.13. The van der Waals surface area contributed by atoms with Gasteiger partial charge in [0.05, 0.1) is 0 Å². The van der Waals surface area contributed by atoms with Crippen LogP contribution >= 0.6 is 11.8 Å². The third-order valence-electron chi connectivity index (χ3n) is 1.62. The standard InChI is InChI=1S/C10H13FOS/c1-7(2)13-6-8-3-4-9(11)5-10(8)12/h3-5,7,12H,6H2,1-2H3. The lowest BCUT2D eigenvalue weighted by atomic mass is 10.2. The third-order valence-corrected chi connectivity index (χ3v) is 2.76. The molecule has 0 spiro atoms. The first-order valence-electron chi connectivity index (χ1n) is 4.18. The molecule has 0 fully saturated rings. The number of aromatic hydroxyl groups is 1. The van der Waals surface area contributed by atoms with Crippen molar-refractivity contribution in [1.82, 2.24) is 0 Å². The smallest absolute Gasteiger partial charge is 0.126 e. The molecule has 0 aliphatic carbocycles. The molecule has 1 N–H and O–H groups in total. The van der Waals surface area contributed by atoms with Crippen LogP contribution in [0.3, 0.4) is 0 Å². The molecule has 13 heavy (non-hydrogen) atoms. The molecule has 1 aromatic rings. The van der Waals surface area contributed by atoms with E-state index in [0.717, 1.165) is 17.4 Å². The van der Waals surface area contributed by atoms with E-state index in [1.54, 1.807) is 17.8 Å². The number of benzene rings is 1. The summed E-state index contributed by atoms with van der Waals surface area (Å²) in [7, 11) is 0. The van der Waals surface area contributed by atoms with Gasteiger partial charge in [0.1, 0.15) is 11.6 Å². The lowest BCUT2D eigenvalue weighted by Gasteiger charge is -2.06. The van der Waals surface area contributed by atoms with E-state index in [1.165, 1.54) is 6.07 Å². The van der Waals surface area contributed by atoms with Gasteiger partial charge in [-0.1, -0.05) is 19.9 Å². The Morgan fingerprint density at radius 2 is 2.15 bits per heavy atom. The van der Waals surface area contributed by atoms with Gasteiger partial charge in [-0.25, -0.2) is 4.39 Å². The van der Waals surface area contributed by atoms with Crippen molar-refractivity contribution >= 4 is 11.8 Å². The Kier molecular flexibility index (Phi) is 3.60. The largest absolute Gasteiger partial charge is 0.508 e. The molecule has 0 radical (unpaired) electrons. The number of thioether (sulfide) groups is 1. The predicted octanol–water partition coefficient (Wildman–Crippen LogP) is 3.17. The monoisotopic (exact) mass is 200 g/mol. The summed E-state index contributed by atoms with van der Waals surface area (Å²) in [5.41, 5.74) is 0.792. The fourth-order valence-corrected chi connectivity index (χ4v) is 1.67. The Labute approximate surface area is 82.0 Å². The summed E-state index contributed by atoms with van der Waals surface area (Å²) in [4.78, 5) is 0. The minimum atomic E-state index is -0.393. The van der Waals surface area contributed by atoms with Crippen molar-refractivity contribution < 1.29 is 9.50 Å². The van der Waals surface area contributed by atoms with Crippen LogP contribution in [0, 0.1) is 5.82 Å². The van der Waals surface area contributed by atoms with Gasteiger partial charge in [-0.05, 0) is 11.3 Å². The first-order valence-corrected chi connectivity index (χ1v) is 5.23. The highest BCUT2D eigenvalue weighted by atomic mass is 32.2. The van der Waals surface area contributed by atoms with E-state index in [0.29, 0.717) is 5.25 Å². The molecule has 0 atom stereocenters. The lowest BCUT2D eigenvalue weighted by molar-refractivity contribution is 0.464. The van der Waals surface area contributed by atoms with Gasteiger partial charge < -0.3 is 5.11 Å². The van der Waals surface area contributed by atoms with Crippen molar-refractivity contribution in [3.05, 3.63) is 29.6 Å². The molecule has 0 amide bonds. The van der Waals surface area contributed by atoms with Crippen LogP contribution in [0.1, 0.15) is 19.4 Å². The van der Waals surface area contributed by atoms with Crippen LogP contribution in [0.25, 0.3) is 0 Å². The zero-order chi connectivity index (χ0) is 9.84. The van der Waals surface area contributed by atoms with E-state index in [1.807, 2.05) is 0 Å². The normalized spacial score (nSPS) is 10.8. The topological polar surface area (TPSA) is 20.2 Å². The molecule has 72 valence electrons. The van der Waals surface area contributed by atoms with E-state index in [4.69, 9.17) is 0 Å². The van der Waals surface area contributed by atoms with Gasteiger partial charge in [0.15, 0.2) is 0 Å². The highest BCUT2D eigenvalue weighted by Gasteiger charge is 2.03. The van der Waals surface area contributed by atoms with Gasteiger partial charge in [-0.2, -0.15) is 11.8 Å². The lowest BCUT2D eigenvalue weighted by Crippen LogP contribution is -1.89. The van der Waals surface area contributed by atoms with Crippen LogP contribution < -0.4 is 0 Å². The van der Waals surface area contributed by atoms with Gasteiger partial charge in [0.25, 0.3) is 0 Å². The number of hydrogen-bond acceptors (Lipinski definition) is 2. The average Bonchev–Trinajstić information content (AvgIpc) is 2.02. The Bertz CT molecular complexity index is 286. The van der Waals surface area contributed by atoms with Crippen LogP contribution in [0.15, 0.2) is 18.2 Å². The highest BCUT2D eigenvalue weighted by Crippen LogP contribution is 2.24. The first-order chi connectivity index (χ1) is 6.09. The quantitative estimate of drug-likeness (QED) is 0.808. The van der Waals surface area contributed by atoms with E-state index in [9.17, 15) is 9.50 Å². The highest BCUT2D eigenvalue weighted by molar-refractivity contribution is 7.99. The SMILES string of the molecule is CC(C)SCc1ccc(F)cc1O. The molecule has 1 rings (SSSR count). The number of rotatable bonds is 3. The predicted molar refractivity (Wildman–Crippen MR) is 54.5 cm³/mol. The summed E-state index contributed by atoms with van der Waals surface area (Å²) in [6, 6.07) is 4.15. The zero-order valence-electron chi connectivity index (χ0n) is 7.75. The minimum absolute atomic E-state index is 0.0492. The number of phenolic OH excluding ortho intramolecular Hbond substituents is 1. The first kappa shape index (κ1) is 10.4. The molecular formula is C10H13FOS. The molecule has 0 heterocycles. The van der Waals surface area contributed by atoms with Crippen LogP contribution in [0.2, 0.25) is 0 Å². The molecule has 0 saturated carbocycles. The van der Waals surface area contributed by atoms with E-state index >= 15 is 0 Å². The van der Waals surface area contributed by atoms with Crippen molar-refractivity contribution in [2.75, 3.05) is 0 Å². The third kappa shape index (κ3) is 3.27. The average molecular weight is 200 g/mol. The van der Waals surface area contributed by atoms with Crippen molar-refractivity contribution in [1.29, 1.82) is 0 Å². The van der Waals surface area contributed by atoms with E-state index < -0.39 is 5.82 Å². The molecule has 3 heteroatoms. The Balaban J connectivity index is 2.67. The van der Waals surface area contributed by atoms with Gasteiger partial charge in [0.2, 0.25) is 0 Å². The van der Waals surface area contributed by atoms with Crippen LogP contribution in [-0.2, 0) is 5.75 Å². The molecule has 0 aliphatic heterocycles. The van der Waals surface area contributed by atoms with Crippen LogP contribution in [-0.4, -0.2) is 10.4 Å². The summed E-state index contributed by atoms with van der Waals surface area (Å²) in [6.07, 6.45) is 0. The second kappa shape index (κ2) is 4.51. The van der Waals surface area contributed by atoms with Gasteiger partial charge in [-0.15, -0.1) is 0 Å². The molecular weight excluding hydrogens is 187 g/mol. The zero-order valence-corrected chi connectivity index (χ0v) is 8.57. The van der Waals surface area contributed by atoms with Crippen molar-refractivity contribution in [3.8, 4) is 5.75 Å². The molecule has 0 unspecified atom stereocenters. The summed E-state index contributed by atoms with van der Waals surface area (Å²) in [6.45, 7) is 4.18. The minimum Gasteiger partial charge on any atom is -0.508 e. The van der Waals surface area contributed by atoms with Crippen molar-refractivity contribution in [2.24, 2.45) is 0 Å². The van der Waals surface area contributed by atoms with Gasteiger partial charge in [-0.3, -0.25) is 0 Å². The Hall–Kier alpha value is -0.700. The maximum atomic E-state index is 12.6. The fourth-order valence-electron chi connectivity index (χ4n) is 0.916.